The lowest BCUT2D eigenvalue weighted by Crippen LogP contribution is -2.46. The number of ketones is 1. The Kier molecular flexibility index (Phi) is 3.22. The van der Waals surface area contributed by atoms with E-state index in [1.54, 1.807) is 0 Å². The first-order valence-corrected chi connectivity index (χ1v) is 4.27. The van der Waals surface area contributed by atoms with Gasteiger partial charge in [0.05, 0.1) is 7.11 Å². The lowest BCUT2D eigenvalue weighted by atomic mass is 9.96. The van der Waals surface area contributed by atoms with Crippen LogP contribution in [0.4, 0.5) is 0 Å². The van der Waals surface area contributed by atoms with Crippen LogP contribution in [0.1, 0.15) is 6.42 Å². The molecule has 0 bridgehead atoms. The Hall–Kier alpha value is -1.39. The fourth-order valence-electron chi connectivity index (χ4n) is 1.41. The van der Waals surface area contributed by atoms with Crippen LogP contribution >= 0.6 is 0 Å². The van der Waals surface area contributed by atoms with Crippen LogP contribution in [0.15, 0.2) is 0 Å². The van der Waals surface area contributed by atoms with Gasteiger partial charge in [-0.1, -0.05) is 0 Å². The number of amides is 1. The number of rotatable bonds is 1. The Labute approximate surface area is 82.0 Å². The molecule has 0 aromatic rings. The van der Waals surface area contributed by atoms with Crippen molar-refractivity contribution in [1.82, 2.24) is 4.90 Å². The van der Waals surface area contributed by atoms with E-state index in [4.69, 9.17) is 0 Å². The molecule has 0 saturated carbocycles. The Morgan fingerprint density at radius 1 is 1.57 bits per heavy atom. The van der Waals surface area contributed by atoms with E-state index in [-0.39, 0.29) is 24.7 Å². The highest BCUT2D eigenvalue weighted by Gasteiger charge is 2.34. The summed E-state index contributed by atoms with van der Waals surface area (Å²) in [4.78, 5) is 34.7. The quantitative estimate of drug-likeness (QED) is 0.417. The minimum absolute atomic E-state index is 0.0911. The summed E-state index contributed by atoms with van der Waals surface area (Å²) >= 11 is 0. The first kappa shape index (κ1) is 10.7. The molecule has 77 valence electrons. The average molecular weight is 198 g/mol. The molecule has 0 N–H and O–H groups in total. The predicted molar refractivity (Wildman–Crippen MR) is 47.1 cm³/mol. The summed E-state index contributed by atoms with van der Waals surface area (Å²) in [6.45, 7) is 3.66. The van der Waals surface area contributed by atoms with Crippen molar-refractivity contribution in [2.45, 2.75) is 6.42 Å². The zero-order chi connectivity index (χ0) is 10.7. The summed E-state index contributed by atoms with van der Waals surface area (Å²) in [5.74, 6) is -1.96. The summed E-state index contributed by atoms with van der Waals surface area (Å²) in [7, 11) is 1.22. The first-order chi connectivity index (χ1) is 6.56. The van der Waals surface area contributed by atoms with E-state index < -0.39 is 11.9 Å². The molecule has 1 unspecified atom stereocenters. The molecule has 1 heterocycles. The highest BCUT2D eigenvalue weighted by atomic mass is 16.5. The van der Waals surface area contributed by atoms with E-state index in [1.165, 1.54) is 12.0 Å². The van der Waals surface area contributed by atoms with Gasteiger partial charge in [0, 0.05) is 26.4 Å². The third kappa shape index (κ3) is 2.10. The van der Waals surface area contributed by atoms with Gasteiger partial charge in [-0.05, 0) is 0 Å². The number of methoxy groups -OCH3 is 1. The minimum atomic E-state index is -0.834. The molecule has 5 heteroatoms. The average Bonchev–Trinajstić information content (AvgIpc) is 2.17. The fraction of sp³-hybridized carbons (Fsp3) is 0.556. The van der Waals surface area contributed by atoms with Crippen molar-refractivity contribution in [1.29, 1.82) is 0 Å². The van der Waals surface area contributed by atoms with Crippen LogP contribution in [-0.2, 0) is 19.1 Å². The second-order valence-corrected chi connectivity index (χ2v) is 3.13. The molecule has 1 saturated heterocycles. The molecule has 1 amide bonds. The molecule has 14 heavy (non-hydrogen) atoms. The molecule has 0 aromatic heterocycles. The normalized spacial score (nSPS) is 22.0. The first-order valence-electron chi connectivity index (χ1n) is 4.27. The highest BCUT2D eigenvalue weighted by Crippen LogP contribution is 2.14. The topological polar surface area (TPSA) is 63.7 Å². The van der Waals surface area contributed by atoms with E-state index >= 15 is 0 Å². The fourth-order valence-corrected chi connectivity index (χ4v) is 1.41. The molecule has 1 rings (SSSR count). The van der Waals surface area contributed by atoms with Crippen molar-refractivity contribution in [2.24, 2.45) is 5.92 Å². The van der Waals surface area contributed by atoms with Crippen LogP contribution in [0, 0.1) is 12.8 Å². The van der Waals surface area contributed by atoms with Crippen LogP contribution in [0.2, 0.25) is 0 Å². The standard InChI is InChI=1S/C9H12NO4/c1-6(11)10-4-3-8(12)7(5-10)9(13)14-2/h7H,1,3-5H2,2H3. The van der Waals surface area contributed by atoms with Gasteiger partial charge in [0.15, 0.2) is 5.78 Å². The third-order valence-electron chi connectivity index (χ3n) is 2.26. The molecular formula is C9H12NO4. The minimum Gasteiger partial charge on any atom is -0.468 e. The Morgan fingerprint density at radius 2 is 2.21 bits per heavy atom. The number of carbonyl (C=O) groups is 3. The molecule has 1 radical (unpaired) electrons. The number of carbonyl (C=O) groups excluding carboxylic acids is 3. The Balaban J connectivity index is 2.69. The lowest BCUT2D eigenvalue weighted by molar-refractivity contribution is -0.152. The number of likely N-dealkylation sites (tertiary alicyclic amines) is 1. The number of esters is 1. The maximum Gasteiger partial charge on any atom is 0.318 e. The molecule has 1 fully saturated rings. The van der Waals surface area contributed by atoms with Crippen molar-refractivity contribution in [2.75, 3.05) is 20.2 Å². The van der Waals surface area contributed by atoms with Gasteiger partial charge in [0.25, 0.3) is 0 Å². The summed E-state index contributed by atoms with van der Waals surface area (Å²) in [6.07, 6.45) is 0.195. The molecule has 0 aliphatic carbocycles. The van der Waals surface area contributed by atoms with Gasteiger partial charge >= 0.3 is 5.97 Å². The molecule has 0 aromatic carbocycles. The molecule has 1 aliphatic rings. The van der Waals surface area contributed by atoms with Crippen molar-refractivity contribution < 1.29 is 19.1 Å². The Morgan fingerprint density at radius 3 is 2.71 bits per heavy atom. The van der Waals surface area contributed by atoms with Gasteiger partial charge in [0.2, 0.25) is 5.91 Å². The Bertz CT molecular complexity index is 266. The number of hydrogen-bond donors (Lipinski definition) is 0. The van der Waals surface area contributed by atoms with Crippen molar-refractivity contribution in [3.05, 3.63) is 6.92 Å². The van der Waals surface area contributed by atoms with Crippen molar-refractivity contribution in [3.8, 4) is 0 Å². The van der Waals surface area contributed by atoms with Gasteiger partial charge in [-0.2, -0.15) is 0 Å². The maximum absolute atomic E-state index is 11.3. The van der Waals surface area contributed by atoms with E-state index in [0.717, 1.165) is 0 Å². The van der Waals surface area contributed by atoms with Crippen LogP contribution in [-0.4, -0.2) is 42.8 Å². The van der Waals surface area contributed by atoms with Crippen molar-refractivity contribution >= 4 is 17.7 Å². The van der Waals surface area contributed by atoms with Gasteiger partial charge < -0.3 is 9.64 Å². The van der Waals surface area contributed by atoms with E-state index in [0.29, 0.717) is 6.54 Å². The summed E-state index contributed by atoms with van der Waals surface area (Å²) in [5.41, 5.74) is 0. The molecule has 1 aliphatic heterocycles. The van der Waals surface area contributed by atoms with Gasteiger partial charge in [-0.15, -0.1) is 0 Å². The zero-order valence-electron chi connectivity index (χ0n) is 7.99. The second kappa shape index (κ2) is 4.21. The van der Waals surface area contributed by atoms with Crippen LogP contribution < -0.4 is 0 Å². The van der Waals surface area contributed by atoms with Gasteiger partial charge in [-0.25, -0.2) is 0 Å². The van der Waals surface area contributed by atoms with E-state index in [1.807, 2.05) is 0 Å². The summed E-state index contributed by atoms with van der Waals surface area (Å²) in [5, 5.41) is 0. The van der Waals surface area contributed by atoms with Crippen molar-refractivity contribution in [3.63, 3.8) is 0 Å². The number of hydrogen-bond acceptors (Lipinski definition) is 4. The molecule has 0 spiro atoms. The van der Waals surface area contributed by atoms with E-state index in [9.17, 15) is 14.4 Å². The van der Waals surface area contributed by atoms with Crippen LogP contribution in [0.25, 0.3) is 0 Å². The second-order valence-electron chi connectivity index (χ2n) is 3.13. The lowest BCUT2D eigenvalue weighted by Gasteiger charge is -2.29. The van der Waals surface area contributed by atoms with Gasteiger partial charge in [0.1, 0.15) is 5.92 Å². The monoisotopic (exact) mass is 198 g/mol. The smallest absolute Gasteiger partial charge is 0.318 e. The van der Waals surface area contributed by atoms with Gasteiger partial charge in [-0.3, -0.25) is 14.4 Å². The molecule has 5 nitrogen and oxygen atoms in total. The summed E-state index contributed by atoms with van der Waals surface area (Å²) in [6, 6.07) is 0. The SMILES string of the molecule is [CH2]C(=O)N1CCC(=O)C(C(=O)OC)C1. The maximum atomic E-state index is 11.3. The zero-order valence-corrected chi connectivity index (χ0v) is 7.99. The third-order valence-corrected chi connectivity index (χ3v) is 2.26. The van der Waals surface area contributed by atoms with E-state index in [2.05, 4.69) is 11.7 Å². The summed E-state index contributed by atoms with van der Waals surface area (Å²) < 4.78 is 4.47. The molecule has 1 atom stereocenters. The highest BCUT2D eigenvalue weighted by molar-refractivity contribution is 6.00. The number of ether oxygens (including phenoxy) is 1. The number of piperidine rings is 1. The predicted octanol–water partition coefficient (Wildman–Crippen LogP) is -0.589. The van der Waals surface area contributed by atoms with Crippen LogP contribution in [0.3, 0.4) is 0 Å². The molecular weight excluding hydrogens is 186 g/mol. The van der Waals surface area contributed by atoms with Crippen LogP contribution in [0.5, 0.6) is 0 Å². The largest absolute Gasteiger partial charge is 0.468 e. The number of nitrogens with zero attached hydrogens (tertiary/aromatic N) is 1. The number of Topliss-reactive ketones (excluding diaryl/α,β-unsaturated/α-hetero) is 1.